The first kappa shape index (κ1) is 10.5. The summed E-state index contributed by atoms with van der Waals surface area (Å²) >= 11 is 1.47. The number of thioether (sulfide) groups is 1. The Hall–Kier alpha value is -0.510. The fourth-order valence-corrected chi connectivity index (χ4v) is 0.944. The summed E-state index contributed by atoms with van der Waals surface area (Å²) in [7, 11) is 0. The summed E-state index contributed by atoms with van der Waals surface area (Å²) < 4.78 is 0. The molecular formula is C7H14N2OS. The summed E-state index contributed by atoms with van der Waals surface area (Å²) in [5.74, 6) is 0.586. The molecule has 0 unspecified atom stereocenters. The molecule has 0 aliphatic heterocycles. The summed E-state index contributed by atoms with van der Waals surface area (Å²) in [6, 6.07) is 0. The molecule has 11 heavy (non-hydrogen) atoms. The van der Waals surface area contributed by atoms with Crippen molar-refractivity contribution in [1.82, 2.24) is 5.32 Å². The van der Waals surface area contributed by atoms with Crippen molar-refractivity contribution in [3.8, 4) is 0 Å². The molecule has 0 atom stereocenters. The van der Waals surface area contributed by atoms with Crippen LogP contribution in [0.4, 0.5) is 0 Å². The maximum absolute atomic E-state index is 9.80. The van der Waals surface area contributed by atoms with Gasteiger partial charge in [0, 0.05) is 0 Å². The average molecular weight is 174 g/mol. The van der Waals surface area contributed by atoms with E-state index in [0.29, 0.717) is 12.3 Å². The van der Waals surface area contributed by atoms with Gasteiger partial charge in [0.15, 0.2) is 0 Å². The van der Waals surface area contributed by atoms with Crippen LogP contribution < -0.4 is 5.32 Å². The van der Waals surface area contributed by atoms with Crippen molar-refractivity contribution < 1.29 is 4.79 Å². The molecule has 3 nitrogen and oxygen atoms in total. The Morgan fingerprint density at radius 2 is 2.18 bits per heavy atom. The topological polar surface area (TPSA) is 41.5 Å². The second-order valence-electron chi connectivity index (χ2n) is 3.04. The molecule has 64 valence electrons. The van der Waals surface area contributed by atoms with E-state index in [1.807, 2.05) is 20.8 Å². The maximum atomic E-state index is 9.80. The van der Waals surface area contributed by atoms with Gasteiger partial charge < -0.3 is 5.32 Å². The fourth-order valence-electron chi connectivity index (χ4n) is 0.315. The third kappa shape index (κ3) is 9.49. The number of hydrogen-bond acceptors (Lipinski definition) is 3. The van der Waals surface area contributed by atoms with Gasteiger partial charge in [-0.25, -0.2) is 0 Å². The summed E-state index contributed by atoms with van der Waals surface area (Å²) in [6.07, 6.45) is 0.679. The number of amides is 1. The molecule has 4 heteroatoms. The van der Waals surface area contributed by atoms with E-state index >= 15 is 0 Å². The van der Waals surface area contributed by atoms with Gasteiger partial charge in [0.25, 0.3) is 0 Å². The van der Waals surface area contributed by atoms with Crippen LogP contribution in [0.3, 0.4) is 0 Å². The molecular weight excluding hydrogens is 160 g/mol. The molecule has 0 aliphatic carbocycles. The van der Waals surface area contributed by atoms with Gasteiger partial charge in [0.05, 0.1) is 17.0 Å². The molecule has 0 radical (unpaired) electrons. The van der Waals surface area contributed by atoms with Crippen molar-refractivity contribution in [3.63, 3.8) is 0 Å². The quantitative estimate of drug-likeness (QED) is 0.229. The van der Waals surface area contributed by atoms with Crippen LogP contribution >= 0.6 is 11.8 Å². The Morgan fingerprint density at radius 1 is 1.55 bits per heavy atom. The van der Waals surface area contributed by atoms with Crippen LogP contribution in [0.25, 0.3) is 0 Å². The van der Waals surface area contributed by atoms with E-state index in [2.05, 4.69) is 10.3 Å². The second kappa shape index (κ2) is 5.18. The predicted molar refractivity (Wildman–Crippen MR) is 49.9 cm³/mol. The third-order valence-corrected chi connectivity index (χ3v) is 1.35. The monoisotopic (exact) mass is 174 g/mol. The Balaban J connectivity index is 3.37. The largest absolute Gasteiger partial charge is 0.349 e. The summed E-state index contributed by atoms with van der Waals surface area (Å²) in [5.41, 5.74) is 1.74. The standard InChI is InChI=1S/C7H14N2OS/c1-7(2,3)9-6-11-5-8-4-10/h4,6H,5H2,1-3H3,(H,8,10). The summed E-state index contributed by atoms with van der Waals surface area (Å²) in [5, 5.41) is 2.53. The molecule has 0 spiro atoms. The molecule has 0 fully saturated rings. The molecule has 1 amide bonds. The van der Waals surface area contributed by atoms with Crippen LogP contribution in [0.5, 0.6) is 0 Å². The van der Waals surface area contributed by atoms with Gasteiger partial charge in [0.1, 0.15) is 0 Å². The van der Waals surface area contributed by atoms with Crippen molar-refractivity contribution in [2.45, 2.75) is 26.3 Å². The number of carbonyl (C=O) groups excluding carboxylic acids is 1. The molecule has 0 aromatic carbocycles. The van der Waals surface area contributed by atoms with Gasteiger partial charge in [-0.15, -0.1) is 0 Å². The van der Waals surface area contributed by atoms with Gasteiger partial charge in [-0.3, -0.25) is 9.79 Å². The zero-order chi connectivity index (χ0) is 8.74. The lowest BCUT2D eigenvalue weighted by molar-refractivity contribution is -0.109. The first-order valence-electron chi connectivity index (χ1n) is 3.38. The van der Waals surface area contributed by atoms with Crippen LogP contribution in [-0.2, 0) is 4.79 Å². The molecule has 0 rings (SSSR count). The number of carbonyl (C=O) groups is 1. The predicted octanol–water partition coefficient (Wildman–Crippen LogP) is 1.25. The Kier molecular flexibility index (Phi) is 4.94. The van der Waals surface area contributed by atoms with Crippen LogP contribution in [0, 0.1) is 0 Å². The highest BCUT2D eigenvalue weighted by atomic mass is 32.2. The van der Waals surface area contributed by atoms with Gasteiger partial charge in [-0.2, -0.15) is 0 Å². The van der Waals surface area contributed by atoms with Crippen molar-refractivity contribution in [3.05, 3.63) is 0 Å². The Bertz CT molecular complexity index is 140. The van der Waals surface area contributed by atoms with Gasteiger partial charge in [-0.1, -0.05) is 11.8 Å². The van der Waals surface area contributed by atoms with Gasteiger partial charge in [0.2, 0.25) is 6.41 Å². The molecule has 0 heterocycles. The lowest BCUT2D eigenvalue weighted by atomic mass is 10.1. The first-order chi connectivity index (χ1) is 5.06. The zero-order valence-corrected chi connectivity index (χ0v) is 7.94. The number of nitrogens with zero attached hydrogens (tertiary/aromatic N) is 1. The molecule has 0 saturated carbocycles. The van der Waals surface area contributed by atoms with Crippen molar-refractivity contribution in [2.24, 2.45) is 4.99 Å². The fraction of sp³-hybridized carbons (Fsp3) is 0.714. The van der Waals surface area contributed by atoms with Crippen LogP contribution in [0.15, 0.2) is 4.99 Å². The van der Waals surface area contributed by atoms with Crippen molar-refractivity contribution in [2.75, 3.05) is 5.88 Å². The van der Waals surface area contributed by atoms with E-state index in [1.165, 1.54) is 11.8 Å². The minimum atomic E-state index is -0.0197. The SMILES string of the molecule is CC(C)(C)N=CSCNC=O. The molecule has 0 aromatic rings. The Labute approximate surface area is 71.7 Å². The number of nitrogens with one attached hydrogen (secondary N) is 1. The highest BCUT2D eigenvalue weighted by Gasteiger charge is 2.03. The second-order valence-corrected chi connectivity index (χ2v) is 3.87. The van der Waals surface area contributed by atoms with E-state index in [9.17, 15) is 4.79 Å². The summed E-state index contributed by atoms with van der Waals surface area (Å²) in [4.78, 5) is 14.0. The molecule has 0 bridgehead atoms. The molecule has 1 N–H and O–H groups in total. The number of rotatable bonds is 4. The number of aliphatic imine (C=N–C) groups is 1. The van der Waals surface area contributed by atoms with Crippen LogP contribution in [-0.4, -0.2) is 23.4 Å². The van der Waals surface area contributed by atoms with Crippen molar-refractivity contribution >= 4 is 23.7 Å². The lowest BCUT2D eigenvalue weighted by Gasteiger charge is -2.09. The van der Waals surface area contributed by atoms with E-state index in [1.54, 1.807) is 5.55 Å². The first-order valence-corrected chi connectivity index (χ1v) is 4.43. The number of hydrogen-bond donors (Lipinski definition) is 1. The highest BCUT2D eigenvalue weighted by Crippen LogP contribution is 2.06. The van der Waals surface area contributed by atoms with E-state index in [4.69, 9.17) is 0 Å². The molecule has 0 aliphatic rings. The Morgan fingerprint density at radius 3 is 2.64 bits per heavy atom. The minimum absolute atomic E-state index is 0.0197. The third-order valence-electron chi connectivity index (χ3n) is 0.765. The maximum Gasteiger partial charge on any atom is 0.207 e. The smallest absolute Gasteiger partial charge is 0.207 e. The normalized spacial score (nSPS) is 11.9. The van der Waals surface area contributed by atoms with E-state index in [-0.39, 0.29) is 5.54 Å². The summed E-state index contributed by atoms with van der Waals surface area (Å²) in [6.45, 7) is 6.08. The van der Waals surface area contributed by atoms with Crippen LogP contribution in [0.1, 0.15) is 20.8 Å². The van der Waals surface area contributed by atoms with Crippen LogP contribution in [0.2, 0.25) is 0 Å². The minimum Gasteiger partial charge on any atom is -0.349 e. The van der Waals surface area contributed by atoms with E-state index < -0.39 is 0 Å². The molecule has 0 saturated heterocycles. The van der Waals surface area contributed by atoms with Crippen molar-refractivity contribution in [1.29, 1.82) is 0 Å². The average Bonchev–Trinajstić information content (AvgIpc) is 1.85. The lowest BCUT2D eigenvalue weighted by Crippen LogP contribution is -2.11. The zero-order valence-electron chi connectivity index (χ0n) is 7.13. The van der Waals surface area contributed by atoms with Gasteiger partial charge in [-0.05, 0) is 20.8 Å². The van der Waals surface area contributed by atoms with Gasteiger partial charge >= 0.3 is 0 Å². The highest BCUT2D eigenvalue weighted by molar-refractivity contribution is 8.12. The van der Waals surface area contributed by atoms with E-state index in [0.717, 1.165) is 0 Å². The molecule has 0 aromatic heterocycles.